The number of nitriles is 1. The fourth-order valence-electron chi connectivity index (χ4n) is 3.29. The molecule has 4 rings (SSSR count). The molecule has 0 spiro atoms. The van der Waals surface area contributed by atoms with Crippen LogP contribution in [0.4, 0.5) is 0 Å². The number of rotatable bonds is 5. The lowest BCUT2D eigenvalue weighted by Crippen LogP contribution is -2.53. The molecule has 0 N–H and O–H groups in total. The van der Waals surface area contributed by atoms with E-state index in [9.17, 15) is 10.1 Å². The molecular formula is C20H18N4O2S. The molecule has 1 amide bonds. The number of carbonyl (C=O) groups is 1. The molecule has 2 aromatic heterocycles. The molecule has 7 heteroatoms. The number of thioether (sulfide) groups is 1. The van der Waals surface area contributed by atoms with Gasteiger partial charge < -0.3 is 9.32 Å². The topological polar surface area (TPSA) is 83.0 Å². The maximum atomic E-state index is 13.2. The van der Waals surface area contributed by atoms with Gasteiger partial charge in [0, 0.05) is 36.1 Å². The lowest BCUT2D eigenvalue weighted by atomic mass is 9.76. The highest BCUT2D eigenvalue weighted by Gasteiger charge is 2.44. The van der Waals surface area contributed by atoms with Gasteiger partial charge in [-0.05, 0) is 31.4 Å². The molecule has 1 fully saturated rings. The highest BCUT2D eigenvalue weighted by molar-refractivity contribution is 7.98. The molecule has 27 heavy (non-hydrogen) atoms. The lowest BCUT2D eigenvalue weighted by Gasteiger charge is -2.42. The summed E-state index contributed by atoms with van der Waals surface area (Å²) in [6.07, 6.45) is 5.74. The van der Waals surface area contributed by atoms with Crippen LogP contribution >= 0.6 is 11.8 Å². The zero-order valence-electron chi connectivity index (χ0n) is 14.9. The molecule has 6 nitrogen and oxygen atoms in total. The van der Waals surface area contributed by atoms with E-state index in [4.69, 9.17) is 4.42 Å². The van der Waals surface area contributed by atoms with Crippen LogP contribution in [-0.4, -0.2) is 33.4 Å². The SMILES string of the molecule is CN(C(=O)c1oc2ccccc2c1CSc1ncccn1)C1(C#N)CCC1. The number of nitrogens with zero attached hydrogens (tertiary/aromatic N) is 4. The minimum absolute atomic E-state index is 0.253. The first-order chi connectivity index (χ1) is 13.1. The molecule has 0 saturated heterocycles. The summed E-state index contributed by atoms with van der Waals surface area (Å²) in [4.78, 5) is 23.2. The Labute approximate surface area is 161 Å². The van der Waals surface area contributed by atoms with Crippen molar-refractivity contribution < 1.29 is 9.21 Å². The molecule has 0 radical (unpaired) electrons. The van der Waals surface area contributed by atoms with Crippen molar-refractivity contribution in [2.75, 3.05) is 7.05 Å². The van der Waals surface area contributed by atoms with Gasteiger partial charge in [0.05, 0.1) is 6.07 Å². The van der Waals surface area contributed by atoms with Crippen LogP contribution < -0.4 is 0 Å². The summed E-state index contributed by atoms with van der Waals surface area (Å²) in [5.41, 5.74) is 0.758. The van der Waals surface area contributed by atoms with E-state index in [0.29, 0.717) is 35.1 Å². The largest absolute Gasteiger partial charge is 0.451 e. The number of hydrogen-bond donors (Lipinski definition) is 0. The third-order valence-corrected chi connectivity index (χ3v) is 6.02. The fraction of sp³-hybridized carbons (Fsp3) is 0.300. The Morgan fingerprint density at radius 2 is 2.04 bits per heavy atom. The van der Waals surface area contributed by atoms with Crippen LogP contribution in [0.1, 0.15) is 35.4 Å². The quantitative estimate of drug-likeness (QED) is 0.492. The second-order valence-electron chi connectivity index (χ2n) is 6.59. The first kappa shape index (κ1) is 17.6. The fourth-order valence-corrected chi connectivity index (χ4v) is 4.12. The monoisotopic (exact) mass is 378 g/mol. The number of fused-ring (bicyclic) bond motifs is 1. The van der Waals surface area contributed by atoms with Gasteiger partial charge in [-0.2, -0.15) is 5.26 Å². The highest BCUT2D eigenvalue weighted by atomic mass is 32.2. The summed E-state index contributed by atoms with van der Waals surface area (Å²) in [5.74, 6) is 0.552. The van der Waals surface area contributed by atoms with E-state index in [0.717, 1.165) is 17.4 Å². The maximum Gasteiger partial charge on any atom is 0.290 e. The van der Waals surface area contributed by atoms with Gasteiger partial charge in [-0.3, -0.25) is 4.79 Å². The van der Waals surface area contributed by atoms with Gasteiger partial charge in [0.2, 0.25) is 0 Å². The Hall–Kier alpha value is -2.85. The van der Waals surface area contributed by atoms with Gasteiger partial charge in [0.15, 0.2) is 10.9 Å². The van der Waals surface area contributed by atoms with Gasteiger partial charge in [0.1, 0.15) is 11.1 Å². The van der Waals surface area contributed by atoms with Gasteiger partial charge in [-0.1, -0.05) is 30.0 Å². The van der Waals surface area contributed by atoms with Crippen molar-refractivity contribution in [3.63, 3.8) is 0 Å². The molecule has 0 bridgehead atoms. The van der Waals surface area contributed by atoms with Crippen molar-refractivity contribution in [3.05, 3.63) is 54.0 Å². The molecular weight excluding hydrogens is 360 g/mol. The Bertz CT molecular complexity index is 1020. The number of carbonyl (C=O) groups excluding carboxylic acids is 1. The number of benzene rings is 1. The summed E-state index contributed by atoms with van der Waals surface area (Å²) in [6.45, 7) is 0. The molecule has 136 valence electrons. The molecule has 1 saturated carbocycles. The molecule has 1 aromatic carbocycles. The van der Waals surface area contributed by atoms with E-state index in [1.165, 1.54) is 11.8 Å². The summed E-state index contributed by atoms with van der Waals surface area (Å²) < 4.78 is 5.92. The van der Waals surface area contributed by atoms with Crippen molar-refractivity contribution >= 4 is 28.6 Å². The zero-order chi connectivity index (χ0) is 18.9. The summed E-state index contributed by atoms with van der Waals surface area (Å²) in [5, 5.41) is 11.1. The standard InChI is InChI=1S/C20H18N4O2S/c1-24(20(13-21)8-4-9-20)18(25)17-15(12-27-19-22-10-5-11-23-19)14-6-2-3-7-16(14)26-17/h2-3,5-7,10-11H,4,8-9,12H2,1H3. The van der Waals surface area contributed by atoms with Crippen molar-refractivity contribution in [1.29, 1.82) is 5.26 Å². The Kier molecular flexibility index (Phi) is 4.58. The number of aromatic nitrogens is 2. The summed E-state index contributed by atoms with van der Waals surface area (Å²) in [7, 11) is 1.69. The van der Waals surface area contributed by atoms with E-state index >= 15 is 0 Å². The molecule has 3 aromatic rings. The van der Waals surface area contributed by atoms with Crippen LogP contribution in [0.2, 0.25) is 0 Å². The third-order valence-electron chi connectivity index (χ3n) is 5.12. The average molecular weight is 378 g/mol. The van der Waals surface area contributed by atoms with E-state index in [-0.39, 0.29) is 5.91 Å². The lowest BCUT2D eigenvalue weighted by molar-refractivity contribution is 0.0468. The van der Waals surface area contributed by atoms with Crippen LogP contribution in [0.5, 0.6) is 0 Å². The number of amides is 1. The number of furan rings is 1. The molecule has 2 heterocycles. The van der Waals surface area contributed by atoms with Crippen LogP contribution in [-0.2, 0) is 5.75 Å². The van der Waals surface area contributed by atoms with Crippen molar-refractivity contribution in [2.24, 2.45) is 0 Å². The predicted octanol–water partition coefficient (Wildman–Crippen LogP) is 4.03. The van der Waals surface area contributed by atoms with Crippen molar-refractivity contribution in [2.45, 2.75) is 35.7 Å². The minimum Gasteiger partial charge on any atom is -0.451 e. The summed E-state index contributed by atoms with van der Waals surface area (Å²) in [6, 6.07) is 11.7. The number of hydrogen-bond acceptors (Lipinski definition) is 6. The predicted molar refractivity (Wildman–Crippen MR) is 102 cm³/mol. The molecule has 1 aliphatic rings. The van der Waals surface area contributed by atoms with E-state index in [2.05, 4.69) is 16.0 Å². The minimum atomic E-state index is -0.719. The maximum absolute atomic E-state index is 13.2. The Morgan fingerprint density at radius 1 is 1.30 bits per heavy atom. The van der Waals surface area contributed by atoms with Crippen LogP contribution in [0.25, 0.3) is 11.0 Å². The van der Waals surface area contributed by atoms with Gasteiger partial charge in [-0.25, -0.2) is 9.97 Å². The summed E-state index contributed by atoms with van der Waals surface area (Å²) >= 11 is 1.45. The van der Waals surface area contributed by atoms with Crippen LogP contribution in [0.3, 0.4) is 0 Å². The van der Waals surface area contributed by atoms with Gasteiger partial charge in [-0.15, -0.1) is 0 Å². The Morgan fingerprint density at radius 3 is 2.70 bits per heavy atom. The average Bonchev–Trinajstić information content (AvgIpc) is 3.04. The van der Waals surface area contributed by atoms with E-state index in [1.54, 1.807) is 30.4 Å². The van der Waals surface area contributed by atoms with Crippen LogP contribution in [0, 0.1) is 11.3 Å². The zero-order valence-corrected chi connectivity index (χ0v) is 15.7. The molecule has 0 unspecified atom stereocenters. The van der Waals surface area contributed by atoms with E-state index < -0.39 is 5.54 Å². The second kappa shape index (κ2) is 7.05. The number of para-hydroxylation sites is 1. The first-order valence-corrected chi connectivity index (χ1v) is 9.73. The third kappa shape index (κ3) is 3.06. The normalized spacial score (nSPS) is 15.1. The van der Waals surface area contributed by atoms with E-state index in [1.807, 2.05) is 24.3 Å². The highest BCUT2D eigenvalue weighted by Crippen LogP contribution is 2.39. The second-order valence-corrected chi connectivity index (χ2v) is 7.53. The molecule has 1 aliphatic carbocycles. The Balaban J connectivity index is 1.69. The smallest absolute Gasteiger partial charge is 0.290 e. The van der Waals surface area contributed by atoms with Gasteiger partial charge >= 0.3 is 0 Å². The van der Waals surface area contributed by atoms with Crippen molar-refractivity contribution in [1.82, 2.24) is 14.9 Å². The van der Waals surface area contributed by atoms with Gasteiger partial charge in [0.25, 0.3) is 5.91 Å². The molecule has 0 aliphatic heterocycles. The first-order valence-electron chi connectivity index (χ1n) is 8.74. The van der Waals surface area contributed by atoms with Crippen molar-refractivity contribution in [3.8, 4) is 6.07 Å². The molecule has 0 atom stereocenters. The van der Waals surface area contributed by atoms with Crippen LogP contribution in [0.15, 0.2) is 52.3 Å².